The molecule has 0 radical (unpaired) electrons. The van der Waals surface area contributed by atoms with Crippen molar-refractivity contribution >= 4 is 16.8 Å². The highest BCUT2D eigenvalue weighted by atomic mass is 19.4. The number of aromatic nitrogens is 2. The average Bonchev–Trinajstić information content (AvgIpc) is 2.81. The molecule has 0 spiro atoms. The van der Waals surface area contributed by atoms with Crippen LogP contribution >= 0.6 is 0 Å². The molecule has 1 N–H and O–H groups in total. The Kier molecular flexibility index (Phi) is 5.86. The van der Waals surface area contributed by atoms with Gasteiger partial charge in [-0.25, -0.2) is 0 Å². The second-order valence-electron chi connectivity index (χ2n) is 6.89. The Balaban J connectivity index is 1.72. The van der Waals surface area contributed by atoms with Crippen LogP contribution in [0.3, 0.4) is 0 Å². The Morgan fingerprint density at radius 3 is 2.44 bits per heavy atom. The number of fused-ring (bicyclic) bond motifs is 1. The van der Waals surface area contributed by atoms with E-state index in [0.29, 0.717) is 11.1 Å². The zero-order chi connectivity index (χ0) is 22.6. The van der Waals surface area contributed by atoms with Crippen molar-refractivity contribution in [2.24, 2.45) is 0 Å². The van der Waals surface area contributed by atoms with Gasteiger partial charge in [0.15, 0.2) is 0 Å². The zero-order valence-electron chi connectivity index (χ0n) is 16.6. The Morgan fingerprint density at radius 2 is 1.66 bits per heavy atom. The number of benzene rings is 2. The molecule has 7 heteroatoms. The van der Waals surface area contributed by atoms with E-state index in [1.54, 1.807) is 60.8 Å². The lowest BCUT2D eigenvalue weighted by Crippen LogP contribution is -2.30. The number of halogens is 3. The number of nitrogens with one attached hydrogen (secondary N) is 1. The van der Waals surface area contributed by atoms with Crippen molar-refractivity contribution in [2.75, 3.05) is 0 Å². The Labute approximate surface area is 182 Å². The lowest BCUT2D eigenvalue weighted by atomic mass is 10.0. The predicted molar refractivity (Wildman–Crippen MR) is 115 cm³/mol. The van der Waals surface area contributed by atoms with Gasteiger partial charge in [-0.1, -0.05) is 42.2 Å². The fourth-order valence-corrected chi connectivity index (χ4v) is 3.16. The van der Waals surface area contributed by atoms with Crippen molar-refractivity contribution < 1.29 is 18.0 Å². The van der Waals surface area contributed by atoms with Gasteiger partial charge in [0.2, 0.25) is 0 Å². The van der Waals surface area contributed by atoms with E-state index in [0.717, 1.165) is 11.5 Å². The van der Waals surface area contributed by atoms with Crippen molar-refractivity contribution in [1.82, 2.24) is 15.3 Å². The van der Waals surface area contributed by atoms with Crippen molar-refractivity contribution in [3.8, 4) is 11.8 Å². The monoisotopic (exact) mass is 431 g/mol. The first kappa shape index (κ1) is 21.1. The number of amides is 1. The van der Waals surface area contributed by atoms with Crippen LogP contribution in [0.1, 0.15) is 33.2 Å². The van der Waals surface area contributed by atoms with Crippen molar-refractivity contribution in [3.63, 3.8) is 0 Å². The first-order chi connectivity index (χ1) is 15.4. The summed E-state index contributed by atoms with van der Waals surface area (Å²) in [5.74, 6) is 4.99. The molecule has 1 atom stereocenters. The average molecular weight is 431 g/mol. The number of carbonyl (C=O) groups is 1. The van der Waals surface area contributed by atoms with Crippen LogP contribution < -0.4 is 5.32 Å². The van der Waals surface area contributed by atoms with Crippen LogP contribution in [0.25, 0.3) is 10.9 Å². The molecular weight excluding hydrogens is 415 g/mol. The fourth-order valence-electron chi connectivity index (χ4n) is 3.16. The van der Waals surface area contributed by atoms with Crippen LogP contribution in [0.2, 0.25) is 0 Å². The highest BCUT2D eigenvalue weighted by molar-refractivity contribution is 5.98. The molecule has 2 aromatic carbocycles. The van der Waals surface area contributed by atoms with Crippen molar-refractivity contribution in [3.05, 3.63) is 108 Å². The smallest absolute Gasteiger partial charge is 0.333 e. The second-order valence-corrected chi connectivity index (χ2v) is 6.89. The first-order valence-electron chi connectivity index (χ1n) is 9.66. The number of hydrogen-bond acceptors (Lipinski definition) is 3. The summed E-state index contributed by atoms with van der Waals surface area (Å²) < 4.78 is 40.8. The number of alkyl halides is 3. The summed E-state index contributed by atoms with van der Waals surface area (Å²) in [5, 5.41) is 3.44. The van der Waals surface area contributed by atoms with Gasteiger partial charge in [-0.05, 0) is 42.5 Å². The van der Waals surface area contributed by atoms with Gasteiger partial charge in [0.05, 0.1) is 16.8 Å². The quantitative estimate of drug-likeness (QED) is 0.455. The molecule has 0 fully saturated rings. The van der Waals surface area contributed by atoms with Crippen LogP contribution in [-0.4, -0.2) is 15.9 Å². The standard InChI is InChI=1S/C25H16F3N3O/c26-25(27,28)20-9-5-15-30-23(20)21(13-10-17-6-2-1-3-7-17)31-24(32)19-12-11-18-8-4-14-29-22(18)16-19/h1-9,11-12,14-16,21H,(H,31,32)/t21-/m0/s1. The van der Waals surface area contributed by atoms with Gasteiger partial charge in [0.1, 0.15) is 6.04 Å². The number of hydrogen-bond donors (Lipinski definition) is 1. The molecule has 0 unspecified atom stereocenters. The van der Waals surface area contributed by atoms with Gasteiger partial charge < -0.3 is 5.32 Å². The normalized spacial score (nSPS) is 12.0. The van der Waals surface area contributed by atoms with Gasteiger partial charge >= 0.3 is 6.18 Å². The number of rotatable bonds is 3. The molecule has 0 bridgehead atoms. The summed E-state index contributed by atoms with van der Waals surface area (Å²) in [7, 11) is 0. The molecule has 0 aliphatic carbocycles. The molecular formula is C25H16F3N3O. The number of carbonyl (C=O) groups excluding carboxylic acids is 1. The van der Waals surface area contributed by atoms with Gasteiger partial charge in [0, 0.05) is 28.9 Å². The predicted octanol–water partition coefficient (Wildman–Crippen LogP) is 5.17. The highest BCUT2D eigenvalue weighted by Crippen LogP contribution is 2.33. The number of nitrogens with zero attached hydrogens (tertiary/aromatic N) is 2. The van der Waals surface area contributed by atoms with E-state index in [9.17, 15) is 18.0 Å². The topological polar surface area (TPSA) is 54.9 Å². The van der Waals surface area contributed by atoms with Crippen LogP contribution in [0, 0.1) is 11.8 Å². The van der Waals surface area contributed by atoms with E-state index in [-0.39, 0.29) is 11.3 Å². The van der Waals surface area contributed by atoms with Gasteiger partial charge in [-0.2, -0.15) is 13.2 Å². The first-order valence-corrected chi connectivity index (χ1v) is 9.66. The maximum absolute atomic E-state index is 13.6. The lowest BCUT2D eigenvalue weighted by molar-refractivity contribution is -0.138. The molecule has 0 aliphatic heterocycles. The van der Waals surface area contributed by atoms with E-state index in [4.69, 9.17) is 0 Å². The third-order valence-corrected chi connectivity index (χ3v) is 4.70. The summed E-state index contributed by atoms with van der Waals surface area (Å²) in [6.07, 6.45) is -1.80. The van der Waals surface area contributed by atoms with E-state index < -0.39 is 23.7 Å². The summed E-state index contributed by atoms with van der Waals surface area (Å²) in [6.45, 7) is 0. The molecule has 2 aromatic heterocycles. The molecule has 158 valence electrons. The minimum absolute atomic E-state index is 0.257. The lowest BCUT2D eigenvalue weighted by Gasteiger charge is -2.18. The highest BCUT2D eigenvalue weighted by Gasteiger charge is 2.36. The Morgan fingerprint density at radius 1 is 0.906 bits per heavy atom. The third kappa shape index (κ3) is 4.76. The largest absolute Gasteiger partial charge is 0.418 e. The van der Waals surface area contributed by atoms with E-state index in [1.165, 1.54) is 12.3 Å². The Hall–Kier alpha value is -4.18. The fraction of sp³-hybridized carbons (Fsp3) is 0.0800. The summed E-state index contributed by atoms with van der Waals surface area (Å²) in [4.78, 5) is 21.0. The van der Waals surface area contributed by atoms with E-state index in [2.05, 4.69) is 27.1 Å². The molecule has 0 saturated carbocycles. The second kappa shape index (κ2) is 8.90. The molecule has 0 aliphatic rings. The van der Waals surface area contributed by atoms with Gasteiger partial charge in [-0.3, -0.25) is 14.8 Å². The van der Waals surface area contributed by atoms with Gasteiger partial charge in [0.25, 0.3) is 5.91 Å². The maximum Gasteiger partial charge on any atom is 0.418 e. The molecule has 2 heterocycles. The number of pyridine rings is 2. The van der Waals surface area contributed by atoms with E-state index >= 15 is 0 Å². The van der Waals surface area contributed by atoms with Crippen molar-refractivity contribution in [1.29, 1.82) is 0 Å². The summed E-state index contributed by atoms with van der Waals surface area (Å²) >= 11 is 0. The molecule has 4 nitrogen and oxygen atoms in total. The molecule has 0 saturated heterocycles. The maximum atomic E-state index is 13.6. The minimum atomic E-state index is -4.64. The molecule has 4 rings (SSSR count). The van der Waals surface area contributed by atoms with Crippen LogP contribution in [0.4, 0.5) is 13.2 Å². The summed E-state index contributed by atoms with van der Waals surface area (Å²) in [6, 6.07) is 18.1. The van der Waals surface area contributed by atoms with Gasteiger partial charge in [-0.15, -0.1) is 0 Å². The minimum Gasteiger partial charge on any atom is -0.333 e. The molecule has 32 heavy (non-hydrogen) atoms. The Bertz CT molecular complexity index is 1320. The zero-order valence-corrected chi connectivity index (χ0v) is 16.6. The summed E-state index contributed by atoms with van der Waals surface area (Å²) in [5.41, 5.74) is 0.141. The SMILES string of the molecule is O=C(N[C@@H](C#Cc1ccccc1)c1ncccc1C(F)(F)F)c1ccc2cccnc2c1. The molecule has 4 aromatic rings. The third-order valence-electron chi connectivity index (χ3n) is 4.70. The van der Waals surface area contributed by atoms with Crippen LogP contribution in [-0.2, 0) is 6.18 Å². The van der Waals surface area contributed by atoms with Crippen LogP contribution in [0.5, 0.6) is 0 Å². The van der Waals surface area contributed by atoms with E-state index in [1.807, 2.05) is 6.07 Å². The van der Waals surface area contributed by atoms with Crippen LogP contribution in [0.15, 0.2) is 85.2 Å². The van der Waals surface area contributed by atoms with Crippen molar-refractivity contribution in [2.45, 2.75) is 12.2 Å². The molecule has 1 amide bonds.